The molecule has 1 rings (SSSR count). The van der Waals surface area contributed by atoms with Crippen molar-refractivity contribution in [3.05, 3.63) is 29.8 Å². The number of unbranched alkanes of at least 4 members (excludes halogenated alkanes) is 3. The van der Waals surface area contributed by atoms with Crippen LogP contribution in [0.4, 0.5) is 0 Å². The fourth-order valence-electron chi connectivity index (χ4n) is 1.64. The molecule has 1 atom stereocenters. The monoisotopic (exact) mass is 263 g/mol. The normalized spacial score (nSPS) is 11.8. The molecule has 1 aromatic rings. The molecule has 0 saturated carbocycles. The largest absolute Gasteiger partial charge is 0.612 e. The molecule has 18 heavy (non-hydrogen) atoms. The number of rotatable bonds is 7. The molecule has 0 amide bonds. The summed E-state index contributed by atoms with van der Waals surface area (Å²) < 4.78 is 11.2. The third-order valence-corrected chi connectivity index (χ3v) is 3.64. The number of hydrogen-bond donors (Lipinski definition) is 0. The maximum absolute atomic E-state index is 11.8. The zero-order chi connectivity index (χ0) is 13.4. The van der Waals surface area contributed by atoms with Crippen molar-refractivity contribution in [2.75, 3.05) is 6.26 Å². The molecule has 1 unspecified atom stereocenters. The summed E-state index contributed by atoms with van der Waals surface area (Å²) in [5.41, 5.74) is 0.671. The van der Waals surface area contributed by atoms with Crippen LogP contribution in [0.15, 0.2) is 29.2 Å². The van der Waals surface area contributed by atoms with E-state index in [0.29, 0.717) is 18.4 Å². The van der Waals surface area contributed by atoms with Crippen molar-refractivity contribution in [1.29, 1.82) is 5.26 Å². The van der Waals surface area contributed by atoms with E-state index >= 15 is 0 Å². The lowest BCUT2D eigenvalue weighted by Gasteiger charge is -2.05. The molecule has 3 nitrogen and oxygen atoms in total. The summed E-state index contributed by atoms with van der Waals surface area (Å²) in [6.45, 7) is 0. The Morgan fingerprint density at radius 1 is 1.28 bits per heavy atom. The fourth-order valence-corrected chi connectivity index (χ4v) is 2.16. The van der Waals surface area contributed by atoms with Gasteiger partial charge in [-0.3, -0.25) is 4.79 Å². The van der Waals surface area contributed by atoms with Crippen molar-refractivity contribution >= 4 is 17.0 Å². The number of Topliss-reactive ketones (excluding diaryl/α,β-unsaturated/α-hetero) is 1. The van der Waals surface area contributed by atoms with Crippen LogP contribution < -0.4 is 0 Å². The van der Waals surface area contributed by atoms with E-state index in [1.165, 1.54) is 0 Å². The van der Waals surface area contributed by atoms with Gasteiger partial charge in [0.05, 0.1) is 6.07 Å². The molecular formula is C14H17NO2S. The van der Waals surface area contributed by atoms with E-state index in [1.54, 1.807) is 30.5 Å². The Labute approximate surface area is 111 Å². The van der Waals surface area contributed by atoms with Crippen LogP contribution in [-0.2, 0) is 11.2 Å². The third kappa shape index (κ3) is 4.91. The topological polar surface area (TPSA) is 63.9 Å². The van der Waals surface area contributed by atoms with Crippen molar-refractivity contribution in [2.24, 2.45) is 0 Å². The molecule has 4 heteroatoms. The van der Waals surface area contributed by atoms with Gasteiger partial charge in [-0.2, -0.15) is 5.26 Å². The second-order valence-corrected chi connectivity index (χ2v) is 5.50. The minimum Gasteiger partial charge on any atom is -0.612 e. The van der Waals surface area contributed by atoms with Gasteiger partial charge >= 0.3 is 0 Å². The summed E-state index contributed by atoms with van der Waals surface area (Å²) in [7, 11) is 0. The highest BCUT2D eigenvalue weighted by Crippen LogP contribution is 2.13. The highest BCUT2D eigenvalue weighted by atomic mass is 32.2. The van der Waals surface area contributed by atoms with Crippen LogP contribution in [0.3, 0.4) is 0 Å². The van der Waals surface area contributed by atoms with Gasteiger partial charge in [0, 0.05) is 18.4 Å². The van der Waals surface area contributed by atoms with Gasteiger partial charge in [-0.1, -0.05) is 6.42 Å². The Hall–Kier alpha value is -1.31. The Morgan fingerprint density at radius 2 is 1.94 bits per heavy atom. The molecule has 1 aromatic carbocycles. The van der Waals surface area contributed by atoms with Gasteiger partial charge in [0.25, 0.3) is 0 Å². The van der Waals surface area contributed by atoms with E-state index < -0.39 is 11.2 Å². The second kappa shape index (κ2) is 7.91. The molecule has 0 radical (unpaired) electrons. The van der Waals surface area contributed by atoms with Crippen LogP contribution in [0.2, 0.25) is 0 Å². The number of nitrogens with zero attached hydrogens (tertiary/aromatic N) is 1. The molecule has 0 aliphatic heterocycles. The van der Waals surface area contributed by atoms with Gasteiger partial charge in [0.2, 0.25) is 0 Å². The third-order valence-electron chi connectivity index (χ3n) is 2.70. The van der Waals surface area contributed by atoms with E-state index in [0.717, 1.165) is 24.2 Å². The number of hydrogen-bond acceptors (Lipinski definition) is 3. The van der Waals surface area contributed by atoms with Crippen LogP contribution in [0.1, 0.15) is 42.5 Å². The number of ketones is 1. The summed E-state index contributed by atoms with van der Waals surface area (Å²) >= 11 is -1.00. The fraction of sp³-hybridized carbons (Fsp3) is 0.429. The lowest BCUT2D eigenvalue weighted by atomic mass is 10.0. The van der Waals surface area contributed by atoms with E-state index in [2.05, 4.69) is 6.07 Å². The summed E-state index contributed by atoms with van der Waals surface area (Å²) in [4.78, 5) is 12.6. The average molecular weight is 263 g/mol. The van der Waals surface area contributed by atoms with Crippen molar-refractivity contribution in [1.82, 2.24) is 0 Å². The van der Waals surface area contributed by atoms with E-state index in [9.17, 15) is 9.35 Å². The SMILES string of the molecule is C[S+]([O-])c1ccc(C(=O)CCCCCC#N)cc1. The molecule has 0 saturated heterocycles. The molecule has 0 aromatic heterocycles. The number of benzene rings is 1. The number of carbonyl (C=O) groups excluding carboxylic acids is 1. The van der Waals surface area contributed by atoms with Crippen molar-refractivity contribution < 1.29 is 9.35 Å². The molecular weight excluding hydrogens is 246 g/mol. The summed E-state index contributed by atoms with van der Waals surface area (Å²) in [5.74, 6) is 0.111. The lowest BCUT2D eigenvalue weighted by molar-refractivity contribution is 0.0979. The number of nitriles is 1. The Kier molecular flexibility index (Phi) is 6.48. The molecule has 0 spiro atoms. The van der Waals surface area contributed by atoms with Crippen LogP contribution in [-0.4, -0.2) is 16.6 Å². The molecule has 0 bridgehead atoms. The van der Waals surface area contributed by atoms with Gasteiger partial charge < -0.3 is 4.55 Å². The maximum Gasteiger partial charge on any atom is 0.162 e. The Morgan fingerprint density at radius 3 is 2.50 bits per heavy atom. The predicted molar refractivity (Wildman–Crippen MR) is 71.8 cm³/mol. The molecule has 0 aliphatic rings. The molecule has 0 heterocycles. The van der Waals surface area contributed by atoms with Crippen molar-refractivity contribution in [3.8, 4) is 6.07 Å². The molecule has 0 N–H and O–H groups in total. The zero-order valence-electron chi connectivity index (χ0n) is 10.5. The maximum atomic E-state index is 11.8. The Balaban J connectivity index is 2.40. The zero-order valence-corrected chi connectivity index (χ0v) is 11.3. The van der Waals surface area contributed by atoms with Gasteiger partial charge in [-0.25, -0.2) is 0 Å². The molecule has 0 fully saturated rings. The quantitative estimate of drug-likeness (QED) is 0.431. The molecule has 0 aliphatic carbocycles. The lowest BCUT2D eigenvalue weighted by Crippen LogP contribution is -2.01. The minimum atomic E-state index is -1.00. The first-order valence-corrected chi connectivity index (χ1v) is 7.54. The van der Waals surface area contributed by atoms with E-state index in [4.69, 9.17) is 5.26 Å². The second-order valence-electron chi connectivity index (χ2n) is 4.12. The van der Waals surface area contributed by atoms with Crippen molar-refractivity contribution in [3.63, 3.8) is 0 Å². The molecule has 96 valence electrons. The van der Waals surface area contributed by atoms with Crippen LogP contribution >= 0.6 is 0 Å². The van der Waals surface area contributed by atoms with E-state index in [-0.39, 0.29) is 5.78 Å². The summed E-state index contributed by atoms with van der Waals surface area (Å²) in [6, 6.07) is 9.02. The highest BCUT2D eigenvalue weighted by molar-refractivity contribution is 7.90. The summed E-state index contributed by atoms with van der Waals surface area (Å²) in [5, 5.41) is 8.38. The smallest absolute Gasteiger partial charge is 0.162 e. The van der Waals surface area contributed by atoms with Gasteiger partial charge in [-0.05, 0) is 48.3 Å². The predicted octanol–water partition coefficient (Wildman–Crippen LogP) is 3.08. The standard InChI is InChI=1S/C14H17NO2S/c1-18(17)13-9-7-12(8-10-13)14(16)6-4-2-3-5-11-15/h7-10H,2-6H2,1H3. The van der Waals surface area contributed by atoms with Crippen LogP contribution in [0.5, 0.6) is 0 Å². The highest BCUT2D eigenvalue weighted by Gasteiger charge is 2.08. The number of carbonyl (C=O) groups is 1. The van der Waals surface area contributed by atoms with Gasteiger partial charge in [0.15, 0.2) is 10.7 Å². The first-order chi connectivity index (χ1) is 8.65. The van der Waals surface area contributed by atoms with Crippen LogP contribution in [0.25, 0.3) is 0 Å². The van der Waals surface area contributed by atoms with Crippen molar-refractivity contribution in [2.45, 2.75) is 37.0 Å². The first kappa shape index (κ1) is 14.7. The van der Waals surface area contributed by atoms with Gasteiger partial charge in [-0.15, -0.1) is 0 Å². The summed E-state index contributed by atoms with van der Waals surface area (Å²) in [6.07, 6.45) is 5.28. The first-order valence-electron chi connectivity index (χ1n) is 5.99. The average Bonchev–Trinajstić information content (AvgIpc) is 2.38. The minimum absolute atomic E-state index is 0.111. The van der Waals surface area contributed by atoms with Gasteiger partial charge in [0.1, 0.15) is 6.26 Å². The van der Waals surface area contributed by atoms with E-state index in [1.807, 2.05) is 0 Å². The van der Waals surface area contributed by atoms with Crippen LogP contribution in [0, 0.1) is 11.3 Å². The Bertz CT molecular complexity index is 420.